The topological polar surface area (TPSA) is 81.4 Å². The zero-order valence-electron chi connectivity index (χ0n) is 13.2. The number of halogens is 1. The molecule has 0 radical (unpaired) electrons. The van der Waals surface area contributed by atoms with Gasteiger partial charge in [0.15, 0.2) is 0 Å². The van der Waals surface area contributed by atoms with Gasteiger partial charge in [0, 0.05) is 41.1 Å². The van der Waals surface area contributed by atoms with E-state index in [4.69, 9.17) is 10.5 Å². The Morgan fingerprint density at radius 2 is 2.09 bits per heavy atom. The van der Waals surface area contributed by atoms with E-state index in [0.29, 0.717) is 23.8 Å². The molecule has 1 aromatic rings. The fraction of sp³-hybridized carbons (Fsp3) is 0.533. The van der Waals surface area contributed by atoms with Crippen molar-refractivity contribution in [3.05, 3.63) is 29.8 Å². The molecule has 0 heterocycles. The Kier molecular flexibility index (Phi) is 10.3. The molecule has 3 N–H and O–H groups in total. The van der Waals surface area contributed by atoms with Crippen molar-refractivity contribution in [2.75, 3.05) is 24.8 Å². The summed E-state index contributed by atoms with van der Waals surface area (Å²) in [6.45, 7) is 4.08. The first kappa shape index (κ1) is 21.0. The van der Waals surface area contributed by atoms with Gasteiger partial charge < -0.3 is 15.8 Å². The zero-order valence-corrected chi connectivity index (χ0v) is 14.8. The van der Waals surface area contributed by atoms with E-state index in [9.17, 15) is 9.00 Å². The standard InChI is InChI=1S/C15H24N2O3S.ClH/c1-11(12(2)16)15(18)17-14-6-4-5-13(9-14)10-21(19)8-7-20-3;/h4-6,9,11-12H,7-8,10,16H2,1-3H3,(H,17,18);1H. The molecule has 5 nitrogen and oxygen atoms in total. The number of rotatable bonds is 8. The summed E-state index contributed by atoms with van der Waals surface area (Å²) in [4.78, 5) is 12.0. The Morgan fingerprint density at radius 3 is 2.68 bits per heavy atom. The minimum atomic E-state index is -0.966. The lowest BCUT2D eigenvalue weighted by Crippen LogP contribution is -2.34. The molecule has 1 rings (SSSR count). The third-order valence-corrected chi connectivity index (χ3v) is 4.52. The Bertz CT molecular complexity index is 497. The fourth-order valence-corrected chi connectivity index (χ4v) is 2.72. The van der Waals surface area contributed by atoms with Crippen LogP contribution in [0.25, 0.3) is 0 Å². The molecular formula is C15H25ClN2O3S. The van der Waals surface area contributed by atoms with Crippen LogP contribution in [0.15, 0.2) is 24.3 Å². The number of hydrogen-bond acceptors (Lipinski definition) is 4. The molecule has 0 aliphatic rings. The van der Waals surface area contributed by atoms with Gasteiger partial charge in [0.25, 0.3) is 0 Å². The van der Waals surface area contributed by atoms with Gasteiger partial charge in [-0.05, 0) is 24.6 Å². The second-order valence-electron chi connectivity index (χ2n) is 5.12. The highest BCUT2D eigenvalue weighted by Crippen LogP contribution is 2.14. The van der Waals surface area contributed by atoms with Crippen molar-refractivity contribution in [3.8, 4) is 0 Å². The van der Waals surface area contributed by atoms with Crippen LogP contribution in [0.2, 0.25) is 0 Å². The SMILES string of the molecule is COCCS(=O)Cc1cccc(NC(=O)C(C)C(C)N)c1.Cl. The third kappa shape index (κ3) is 7.35. The van der Waals surface area contributed by atoms with Crippen LogP contribution in [0.1, 0.15) is 19.4 Å². The molecular weight excluding hydrogens is 324 g/mol. The zero-order chi connectivity index (χ0) is 15.8. The monoisotopic (exact) mass is 348 g/mol. The van der Waals surface area contributed by atoms with Gasteiger partial charge in [-0.1, -0.05) is 19.1 Å². The summed E-state index contributed by atoms with van der Waals surface area (Å²) in [6.07, 6.45) is 0. The van der Waals surface area contributed by atoms with Crippen molar-refractivity contribution in [1.82, 2.24) is 0 Å². The number of nitrogens with one attached hydrogen (secondary N) is 1. The summed E-state index contributed by atoms with van der Waals surface area (Å²) >= 11 is 0. The summed E-state index contributed by atoms with van der Waals surface area (Å²) in [5.41, 5.74) is 7.35. The molecule has 0 aromatic heterocycles. The molecule has 126 valence electrons. The number of anilines is 1. The molecule has 7 heteroatoms. The molecule has 0 spiro atoms. The summed E-state index contributed by atoms with van der Waals surface area (Å²) in [5.74, 6) is 0.595. The Balaban J connectivity index is 0.00000441. The minimum Gasteiger partial charge on any atom is -0.384 e. The van der Waals surface area contributed by atoms with Gasteiger partial charge in [0.2, 0.25) is 5.91 Å². The number of benzene rings is 1. The lowest BCUT2D eigenvalue weighted by molar-refractivity contribution is -0.119. The first-order valence-electron chi connectivity index (χ1n) is 6.93. The van der Waals surface area contributed by atoms with E-state index < -0.39 is 10.8 Å². The minimum absolute atomic E-state index is 0. The van der Waals surface area contributed by atoms with Crippen molar-refractivity contribution < 1.29 is 13.7 Å². The lowest BCUT2D eigenvalue weighted by atomic mass is 10.0. The van der Waals surface area contributed by atoms with Crippen LogP contribution in [-0.4, -0.2) is 35.6 Å². The van der Waals surface area contributed by atoms with Crippen LogP contribution in [0.3, 0.4) is 0 Å². The second-order valence-corrected chi connectivity index (χ2v) is 6.70. The number of ether oxygens (including phenoxy) is 1. The van der Waals surface area contributed by atoms with Crippen molar-refractivity contribution in [2.24, 2.45) is 11.7 Å². The van der Waals surface area contributed by atoms with Gasteiger partial charge in [-0.3, -0.25) is 9.00 Å². The van der Waals surface area contributed by atoms with Gasteiger partial charge in [0.05, 0.1) is 12.5 Å². The molecule has 1 aromatic carbocycles. The molecule has 22 heavy (non-hydrogen) atoms. The fourth-order valence-electron chi connectivity index (χ4n) is 1.67. The highest BCUT2D eigenvalue weighted by molar-refractivity contribution is 7.84. The third-order valence-electron chi connectivity index (χ3n) is 3.24. The normalized spacial score (nSPS) is 14.5. The summed E-state index contributed by atoms with van der Waals surface area (Å²) in [7, 11) is 0.625. The van der Waals surface area contributed by atoms with E-state index in [-0.39, 0.29) is 30.3 Å². The predicted octanol–water partition coefficient (Wildman–Crippen LogP) is 1.93. The number of amides is 1. The molecule has 0 fully saturated rings. The molecule has 1 amide bonds. The Labute approximate surface area is 140 Å². The van der Waals surface area contributed by atoms with E-state index >= 15 is 0 Å². The van der Waals surface area contributed by atoms with Crippen LogP contribution in [-0.2, 0) is 26.1 Å². The predicted molar refractivity (Wildman–Crippen MR) is 93.7 cm³/mol. The number of methoxy groups -OCH3 is 1. The van der Waals surface area contributed by atoms with Crippen molar-refractivity contribution in [1.29, 1.82) is 0 Å². The molecule has 0 aliphatic carbocycles. The number of hydrogen-bond donors (Lipinski definition) is 2. The van der Waals surface area contributed by atoms with E-state index in [2.05, 4.69) is 5.32 Å². The number of carbonyl (C=O) groups excluding carboxylic acids is 1. The quantitative estimate of drug-likeness (QED) is 0.752. The van der Waals surface area contributed by atoms with E-state index in [1.807, 2.05) is 24.3 Å². The maximum absolute atomic E-state index is 12.0. The molecule has 0 bridgehead atoms. The average Bonchev–Trinajstić information content (AvgIpc) is 2.44. The summed E-state index contributed by atoms with van der Waals surface area (Å²) in [6, 6.07) is 7.20. The van der Waals surface area contributed by atoms with Gasteiger partial charge in [0.1, 0.15) is 0 Å². The van der Waals surface area contributed by atoms with Crippen molar-refractivity contribution >= 4 is 34.8 Å². The summed E-state index contributed by atoms with van der Waals surface area (Å²) in [5, 5.41) is 2.84. The number of nitrogens with two attached hydrogens (primary N) is 1. The maximum Gasteiger partial charge on any atom is 0.228 e. The molecule has 0 saturated heterocycles. The second kappa shape index (κ2) is 10.7. The number of carbonyl (C=O) groups is 1. The maximum atomic E-state index is 12.0. The van der Waals surface area contributed by atoms with Gasteiger partial charge in [-0.25, -0.2) is 0 Å². The first-order valence-corrected chi connectivity index (χ1v) is 8.42. The molecule has 0 aliphatic heterocycles. The van der Waals surface area contributed by atoms with E-state index in [1.54, 1.807) is 21.0 Å². The summed E-state index contributed by atoms with van der Waals surface area (Å²) < 4.78 is 16.7. The largest absolute Gasteiger partial charge is 0.384 e. The van der Waals surface area contributed by atoms with Crippen LogP contribution in [0.5, 0.6) is 0 Å². The van der Waals surface area contributed by atoms with Crippen LogP contribution in [0.4, 0.5) is 5.69 Å². The van der Waals surface area contributed by atoms with Crippen molar-refractivity contribution in [3.63, 3.8) is 0 Å². The first-order chi connectivity index (χ1) is 9.93. The van der Waals surface area contributed by atoms with E-state index in [1.165, 1.54) is 0 Å². The van der Waals surface area contributed by atoms with Gasteiger partial charge in [-0.2, -0.15) is 0 Å². The van der Waals surface area contributed by atoms with E-state index in [0.717, 1.165) is 5.56 Å². The highest BCUT2D eigenvalue weighted by Gasteiger charge is 2.17. The van der Waals surface area contributed by atoms with Gasteiger partial charge >= 0.3 is 0 Å². The molecule has 3 atom stereocenters. The van der Waals surface area contributed by atoms with Crippen molar-refractivity contribution in [2.45, 2.75) is 25.6 Å². The lowest BCUT2D eigenvalue weighted by Gasteiger charge is -2.15. The van der Waals surface area contributed by atoms with Gasteiger partial charge in [-0.15, -0.1) is 12.4 Å². The van der Waals surface area contributed by atoms with Crippen LogP contribution < -0.4 is 11.1 Å². The molecule has 0 saturated carbocycles. The highest BCUT2D eigenvalue weighted by atomic mass is 35.5. The smallest absolute Gasteiger partial charge is 0.228 e. The van der Waals surface area contributed by atoms with Crippen LogP contribution >= 0.6 is 12.4 Å². The van der Waals surface area contributed by atoms with Crippen LogP contribution in [0, 0.1) is 5.92 Å². The average molecular weight is 349 g/mol. The Hall–Kier alpha value is -0.950. The Morgan fingerprint density at radius 1 is 1.41 bits per heavy atom. The molecule has 3 unspecified atom stereocenters.